The molecule has 3 aromatic rings. The zero-order chi connectivity index (χ0) is 15.4. The lowest BCUT2D eigenvalue weighted by Crippen LogP contribution is -2.16. The molecule has 6 heteroatoms. The van der Waals surface area contributed by atoms with Crippen LogP contribution in [-0.4, -0.2) is 12.1 Å². The number of hydrazone groups is 1. The lowest BCUT2D eigenvalue weighted by atomic mass is 10.2. The summed E-state index contributed by atoms with van der Waals surface area (Å²) in [6, 6.07) is 11.2. The maximum atomic E-state index is 12.1. The molecule has 1 N–H and O–H groups in total. The van der Waals surface area contributed by atoms with Crippen molar-refractivity contribution in [2.45, 2.75) is 0 Å². The molecule has 0 spiro atoms. The summed E-state index contributed by atoms with van der Waals surface area (Å²) in [4.78, 5) is 12.5. The SMILES string of the molecule is O=C(N/N=C\C=C\c1ccco1)c1sc2ccccc2c1Cl. The number of halogens is 1. The summed E-state index contributed by atoms with van der Waals surface area (Å²) in [7, 11) is 0. The van der Waals surface area contributed by atoms with E-state index in [4.69, 9.17) is 16.0 Å². The maximum absolute atomic E-state index is 12.1. The van der Waals surface area contributed by atoms with E-state index < -0.39 is 0 Å². The summed E-state index contributed by atoms with van der Waals surface area (Å²) < 4.78 is 6.10. The Morgan fingerprint density at radius 1 is 1.27 bits per heavy atom. The fourth-order valence-electron chi connectivity index (χ4n) is 1.87. The van der Waals surface area contributed by atoms with Crippen molar-refractivity contribution in [1.29, 1.82) is 0 Å². The van der Waals surface area contributed by atoms with Crippen molar-refractivity contribution in [3.63, 3.8) is 0 Å². The summed E-state index contributed by atoms with van der Waals surface area (Å²) in [6.07, 6.45) is 6.47. The lowest BCUT2D eigenvalue weighted by molar-refractivity contribution is 0.0959. The first kappa shape index (κ1) is 14.6. The van der Waals surface area contributed by atoms with Crippen LogP contribution >= 0.6 is 22.9 Å². The largest absolute Gasteiger partial charge is 0.465 e. The third-order valence-corrected chi connectivity index (χ3v) is 4.55. The minimum absolute atomic E-state index is 0.325. The first-order valence-corrected chi connectivity index (χ1v) is 7.66. The van der Waals surface area contributed by atoms with Crippen molar-refractivity contribution in [1.82, 2.24) is 5.43 Å². The summed E-state index contributed by atoms with van der Waals surface area (Å²) in [5.74, 6) is 0.388. The average Bonchev–Trinajstić information content (AvgIpc) is 3.15. The van der Waals surface area contributed by atoms with Gasteiger partial charge in [-0.15, -0.1) is 11.3 Å². The van der Waals surface area contributed by atoms with E-state index in [1.165, 1.54) is 17.6 Å². The smallest absolute Gasteiger partial charge is 0.283 e. The van der Waals surface area contributed by atoms with Crippen molar-refractivity contribution in [2.24, 2.45) is 5.10 Å². The molecule has 1 amide bonds. The van der Waals surface area contributed by atoms with Gasteiger partial charge in [-0.05, 0) is 30.4 Å². The Bertz CT molecular complexity index is 850. The van der Waals surface area contributed by atoms with E-state index >= 15 is 0 Å². The van der Waals surface area contributed by atoms with Crippen molar-refractivity contribution in [3.8, 4) is 0 Å². The highest BCUT2D eigenvalue weighted by atomic mass is 35.5. The molecule has 2 heterocycles. The van der Waals surface area contributed by atoms with Gasteiger partial charge in [0.15, 0.2) is 0 Å². The number of thiophene rings is 1. The summed E-state index contributed by atoms with van der Waals surface area (Å²) >= 11 is 7.57. The van der Waals surface area contributed by atoms with E-state index in [0.29, 0.717) is 15.7 Å². The van der Waals surface area contributed by atoms with Gasteiger partial charge in [0.1, 0.15) is 10.6 Å². The molecule has 2 aromatic heterocycles. The number of nitrogens with zero attached hydrogens (tertiary/aromatic N) is 1. The molecule has 0 saturated heterocycles. The van der Waals surface area contributed by atoms with Crippen LogP contribution in [0, 0.1) is 0 Å². The minimum Gasteiger partial charge on any atom is -0.465 e. The van der Waals surface area contributed by atoms with E-state index in [1.807, 2.05) is 30.3 Å². The van der Waals surface area contributed by atoms with Gasteiger partial charge in [-0.25, -0.2) is 5.43 Å². The molecule has 0 atom stereocenters. The Balaban J connectivity index is 1.67. The number of hydrogen-bond acceptors (Lipinski definition) is 4. The minimum atomic E-state index is -0.325. The van der Waals surface area contributed by atoms with E-state index in [0.717, 1.165) is 10.1 Å². The first-order valence-electron chi connectivity index (χ1n) is 6.46. The Labute approximate surface area is 135 Å². The molecule has 0 fully saturated rings. The molecule has 0 saturated carbocycles. The van der Waals surface area contributed by atoms with Crippen LogP contribution in [0.5, 0.6) is 0 Å². The fourth-order valence-corrected chi connectivity index (χ4v) is 3.28. The van der Waals surface area contributed by atoms with Gasteiger partial charge in [0, 0.05) is 16.3 Å². The van der Waals surface area contributed by atoms with Crippen LogP contribution < -0.4 is 5.43 Å². The van der Waals surface area contributed by atoms with Crippen molar-refractivity contribution in [3.05, 3.63) is 64.4 Å². The summed E-state index contributed by atoms with van der Waals surface area (Å²) in [6.45, 7) is 0. The summed E-state index contributed by atoms with van der Waals surface area (Å²) in [5.41, 5.74) is 2.46. The third kappa shape index (κ3) is 3.10. The number of rotatable bonds is 4. The van der Waals surface area contributed by atoms with E-state index in [1.54, 1.807) is 24.5 Å². The van der Waals surface area contributed by atoms with Gasteiger partial charge in [0.2, 0.25) is 0 Å². The number of carbonyl (C=O) groups is 1. The monoisotopic (exact) mass is 330 g/mol. The van der Waals surface area contributed by atoms with Crippen molar-refractivity contribution < 1.29 is 9.21 Å². The highest BCUT2D eigenvalue weighted by molar-refractivity contribution is 7.21. The van der Waals surface area contributed by atoms with Gasteiger partial charge in [-0.1, -0.05) is 29.8 Å². The molecule has 3 rings (SSSR count). The quantitative estimate of drug-likeness (QED) is 0.562. The maximum Gasteiger partial charge on any atom is 0.283 e. The van der Waals surface area contributed by atoms with Gasteiger partial charge >= 0.3 is 0 Å². The van der Waals surface area contributed by atoms with Crippen LogP contribution in [0.15, 0.2) is 58.3 Å². The Morgan fingerprint density at radius 3 is 2.91 bits per heavy atom. The number of carbonyl (C=O) groups excluding carboxylic acids is 1. The zero-order valence-electron chi connectivity index (χ0n) is 11.3. The normalized spacial score (nSPS) is 11.7. The van der Waals surface area contributed by atoms with Crippen molar-refractivity contribution >= 4 is 51.2 Å². The van der Waals surface area contributed by atoms with Gasteiger partial charge < -0.3 is 4.42 Å². The molecule has 0 unspecified atom stereocenters. The number of nitrogens with one attached hydrogen (secondary N) is 1. The predicted octanol–water partition coefficient (Wildman–Crippen LogP) is 4.58. The van der Waals surface area contributed by atoms with Gasteiger partial charge in [0.25, 0.3) is 5.91 Å². The molecule has 110 valence electrons. The van der Waals surface area contributed by atoms with Gasteiger partial charge in [0.05, 0.1) is 11.3 Å². The third-order valence-electron chi connectivity index (χ3n) is 2.87. The number of furan rings is 1. The second-order valence-corrected chi connectivity index (χ2v) is 5.77. The molecular formula is C16H11ClN2O2S. The second kappa shape index (κ2) is 6.60. The average molecular weight is 331 g/mol. The number of amides is 1. The predicted molar refractivity (Wildman–Crippen MR) is 90.5 cm³/mol. The highest BCUT2D eigenvalue weighted by Crippen LogP contribution is 2.34. The fraction of sp³-hybridized carbons (Fsp3) is 0. The molecule has 0 aliphatic carbocycles. The number of hydrogen-bond donors (Lipinski definition) is 1. The van der Waals surface area contributed by atoms with Crippen molar-refractivity contribution in [2.75, 3.05) is 0 Å². The van der Waals surface area contributed by atoms with Crippen LogP contribution in [0.3, 0.4) is 0 Å². The number of fused-ring (bicyclic) bond motifs is 1. The van der Waals surface area contributed by atoms with Gasteiger partial charge in [-0.3, -0.25) is 4.79 Å². The van der Waals surface area contributed by atoms with Crippen LogP contribution in [0.25, 0.3) is 16.2 Å². The zero-order valence-corrected chi connectivity index (χ0v) is 12.9. The lowest BCUT2D eigenvalue weighted by Gasteiger charge is -1.95. The summed E-state index contributed by atoms with van der Waals surface area (Å²) in [5, 5.41) is 5.19. The number of allylic oxidation sites excluding steroid dienone is 1. The molecule has 0 radical (unpaired) electrons. The van der Waals surface area contributed by atoms with Gasteiger partial charge in [-0.2, -0.15) is 5.10 Å². The molecule has 0 aliphatic heterocycles. The number of benzene rings is 1. The molecule has 0 aliphatic rings. The molecule has 4 nitrogen and oxygen atoms in total. The Morgan fingerprint density at radius 2 is 2.14 bits per heavy atom. The second-order valence-electron chi connectivity index (χ2n) is 4.33. The van der Waals surface area contributed by atoms with E-state index in [-0.39, 0.29) is 5.91 Å². The highest BCUT2D eigenvalue weighted by Gasteiger charge is 2.16. The molecular weight excluding hydrogens is 320 g/mol. The van der Waals surface area contributed by atoms with Crippen LogP contribution in [0.4, 0.5) is 0 Å². The standard InChI is InChI=1S/C16H11ClN2O2S/c17-14-12-7-1-2-8-13(12)22-15(14)16(20)19-18-9-3-5-11-6-4-10-21-11/h1-10H,(H,19,20)/b5-3+,18-9-. The Kier molecular flexibility index (Phi) is 4.37. The topological polar surface area (TPSA) is 54.6 Å². The van der Waals surface area contributed by atoms with E-state index in [9.17, 15) is 4.79 Å². The van der Waals surface area contributed by atoms with Crippen LogP contribution in [0.1, 0.15) is 15.4 Å². The molecule has 22 heavy (non-hydrogen) atoms. The first-order chi connectivity index (χ1) is 10.8. The Hall–Kier alpha value is -2.37. The molecule has 1 aromatic carbocycles. The van der Waals surface area contributed by atoms with Crippen LogP contribution in [-0.2, 0) is 0 Å². The molecule has 0 bridgehead atoms. The van der Waals surface area contributed by atoms with Crippen LogP contribution in [0.2, 0.25) is 5.02 Å². The van der Waals surface area contributed by atoms with E-state index in [2.05, 4.69) is 10.5 Å².